The molecule has 1 N–H and O–H groups in total. The van der Waals surface area contributed by atoms with Gasteiger partial charge in [-0.1, -0.05) is 29.3 Å². The Kier molecular flexibility index (Phi) is 3.73. The first-order valence-electron chi connectivity index (χ1n) is 5.97. The van der Waals surface area contributed by atoms with Gasteiger partial charge in [-0.25, -0.2) is 8.78 Å². The highest BCUT2D eigenvalue weighted by atomic mass is 35.5. The van der Waals surface area contributed by atoms with Gasteiger partial charge in [-0.2, -0.15) is 0 Å². The number of fused-ring (bicyclic) bond motifs is 1. The van der Waals surface area contributed by atoms with Gasteiger partial charge in [0.1, 0.15) is 11.6 Å². The molecule has 1 aromatic heterocycles. The summed E-state index contributed by atoms with van der Waals surface area (Å²) < 4.78 is 28.8. The molecule has 0 saturated heterocycles. The molecule has 0 spiro atoms. The number of imidazole rings is 1. The topological polar surface area (TPSA) is 20.7 Å². The van der Waals surface area contributed by atoms with Crippen LogP contribution in [-0.2, 0) is 6.54 Å². The van der Waals surface area contributed by atoms with Crippen LogP contribution in [0.4, 0.5) is 8.78 Å². The third-order valence-electron chi connectivity index (χ3n) is 3.16. The summed E-state index contributed by atoms with van der Waals surface area (Å²) in [5.74, 6) is -1.24. The molecule has 2 aromatic carbocycles. The molecule has 0 radical (unpaired) electrons. The second kappa shape index (κ2) is 5.40. The Hall–Kier alpha value is -1.43. The number of aromatic amines is 1. The van der Waals surface area contributed by atoms with Crippen molar-refractivity contribution in [3.8, 4) is 0 Å². The second-order valence-corrected chi connectivity index (χ2v) is 5.74. The van der Waals surface area contributed by atoms with Gasteiger partial charge in [-0.05, 0) is 30.4 Å². The molecule has 0 amide bonds. The fraction of sp³-hybridized carbons (Fsp3) is 0.0714. The smallest absolute Gasteiger partial charge is 0.178 e. The van der Waals surface area contributed by atoms with Gasteiger partial charge in [0.25, 0.3) is 0 Å². The van der Waals surface area contributed by atoms with E-state index in [0.717, 1.165) is 6.07 Å². The number of nitrogens with one attached hydrogen (secondary N) is 1. The van der Waals surface area contributed by atoms with Crippen LogP contribution in [0.5, 0.6) is 0 Å². The van der Waals surface area contributed by atoms with Gasteiger partial charge in [0, 0.05) is 11.6 Å². The summed E-state index contributed by atoms with van der Waals surface area (Å²) in [5.41, 5.74) is 1.74. The summed E-state index contributed by atoms with van der Waals surface area (Å²) in [4.78, 5) is 2.98. The normalized spacial score (nSPS) is 11.2. The molecule has 0 aliphatic rings. The molecule has 3 rings (SSSR count). The van der Waals surface area contributed by atoms with E-state index >= 15 is 0 Å². The lowest BCUT2D eigenvalue weighted by Crippen LogP contribution is -2.02. The fourth-order valence-electron chi connectivity index (χ4n) is 2.13. The van der Waals surface area contributed by atoms with E-state index in [9.17, 15) is 8.78 Å². The molecule has 2 nitrogen and oxygen atoms in total. The van der Waals surface area contributed by atoms with E-state index in [0.29, 0.717) is 31.4 Å². The maximum Gasteiger partial charge on any atom is 0.178 e. The lowest BCUT2D eigenvalue weighted by Gasteiger charge is -2.07. The van der Waals surface area contributed by atoms with Crippen LogP contribution >= 0.6 is 35.4 Å². The van der Waals surface area contributed by atoms with Crippen molar-refractivity contribution in [2.24, 2.45) is 0 Å². The minimum Gasteiger partial charge on any atom is -0.331 e. The number of halogens is 4. The third kappa shape index (κ3) is 2.69. The van der Waals surface area contributed by atoms with Crippen LogP contribution in [0.3, 0.4) is 0 Å². The predicted octanol–water partition coefficient (Wildman–Crippen LogP) is 5.33. The molecular weight excluding hydrogens is 337 g/mol. The molecule has 0 saturated carbocycles. The zero-order chi connectivity index (χ0) is 15.1. The zero-order valence-electron chi connectivity index (χ0n) is 10.5. The number of hydrogen-bond donors (Lipinski definition) is 1. The van der Waals surface area contributed by atoms with Gasteiger partial charge in [0.05, 0.1) is 27.6 Å². The van der Waals surface area contributed by atoms with Crippen molar-refractivity contribution in [2.45, 2.75) is 6.54 Å². The Bertz CT molecular complexity index is 902. The van der Waals surface area contributed by atoms with Crippen LogP contribution in [0.15, 0.2) is 30.3 Å². The van der Waals surface area contributed by atoms with E-state index in [4.69, 9.17) is 35.4 Å². The first-order valence-corrected chi connectivity index (χ1v) is 7.13. The van der Waals surface area contributed by atoms with E-state index in [2.05, 4.69) is 4.98 Å². The van der Waals surface area contributed by atoms with Crippen molar-refractivity contribution >= 4 is 46.5 Å². The molecule has 0 bridgehead atoms. The summed E-state index contributed by atoms with van der Waals surface area (Å²) >= 11 is 17.2. The molecule has 0 aliphatic heterocycles. The second-order valence-electron chi connectivity index (χ2n) is 4.54. The molecule has 108 valence electrons. The number of H-pyrrole nitrogens is 1. The predicted molar refractivity (Wildman–Crippen MR) is 82.6 cm³/mol. The van der Waals surface area contributed by atoms with Crippen molar-refractivity contribution in [1.29, 1.82) is 0 Å². The Morgan fingerprint density at radius 1 is 1.10 bits per heavy atom. The molecule has 3 aromatic rings. The van der Waals surface area contributed by atoms with Crippen molar-refractivity contribution in [3.63, 3.8) is 0 Å². The van der Waals surface area contributed by atoms with Gasteiger partial charge in [0.2, 0.25) is 0 Å². The SMILES string of the molecule is Fc1ccc(Cn2c(=S)[nH]c3cc(Cl)c(Cl)cc32)c(F)c1. The van der Waals surface area contributed by atoms with Crippen LogP contribution in [-0.4, -0.2) is 9.55 Å². The minimum absolute atomic E-state index is 0.170. The number of nitrogens with zero attached hydrogens (tertiary/aromatic N) is 1. The van der Waals surface area contributed by atoms with Crippen LogP contribution in [0.25, 0.3) is 11.0 Å². The summed E-state index contributed by atoms with van der Waals surface area (Å²) in [6.45, 7) is 0.170. The molecular formula is C14H8Cl2F2N2S. The van der Waals surface area contributed by atoms with Gasteiger partial charge in [0.15, 0.2) is 4.77 Å². The summed E-state index contributed by atoms with van der Waals surface area (Å²) in [5, 5.41) is 0.784. The van der Waals surface area contributed by atoms with Crippen LogP contribution < -0.4 is 0 Å². The zero-order valence-corrected chi connectivity index (χ0v) is 12.8. The highest BCUT2D eigenvalue weighted by Gasteiger charge is 2.11. The van der Waals surface area contributed by atoms with E-state index in [1.165, 1.54) is 12.1 Å². The van der Waals surface area contributed by atoms with Gasteiger partial charge in [-0.15, -0.1) is 0 Å². The van der Waals surface area contributed by atoms with Crippen molar-refractivity contribution in [3.05, 3.63) is 62.3 Å². The maximum atomic E-state index is 13.8. The number of aromatic nitrogens is 2. The number of benzene rings is 2. The highest BCUT2D eigenvalue weighted by molar-refractivity contribution is 7.71. The van der Waals surface area contributed by atoms with E-state index in [-0.39, 0.29) is 6.54 Å². The Balaban J connectivity index is 2.14. The molecule has 0 atom stereocenters. The van der Waals surface area contributed by atoms with Crippen molar-refractivity contribution < 1.29 is 8.78 Å². The van der Waals surface area contributed by atoms with Crippen molar-refractivity contribution in [2.75, 3.05) is 0 Å². The standard InChI is InChI=1S/C14H8Cl2F2N2S/c15-9-4-12-13(5-10(9)16)20(14(21)19-12)6-7-1-2-8(17)3-11(7)18/h1-5H,6H2,(H,19,21). The number of hydrogen-bond acceptors (Lipinski definition) is 1. The van der Waals surface area contributed by atoms with Crippen molar-refractivity contribution in [1.82, 2.24) is 9.55 Å². The largest absolute Gasteiger partial charge is 0.331 e. The lowest BCUT2D eigenvalue weighted by atomic mass is 10.2. The first kappa shape index (κ1) is 14.5. The van der Waals surface area contributed by atoms with Gasteiger partial charge in [-0.3, -0.25) is 0 Å². The summed E-state index contributed by atoms with van der Waals surface area (Å²) in [6.07, 6.45) is 0. The van der Waals surface area contributed by atoms with Crippen LogP contribution in [0, 0.1) is 16.4 Å². The number of rotatable bonds is 2. The summed E-state index contributed by atoms with van der Waals surface area (Å²) in [7, 11) is 0. The summed E-state index contributed by atoms with van der Waals surface area (Å²) in [6, 6.07) is 6.76. The maximum absolute atomic E-state index is 13.8. The molecule has 21 heavy (non-hydrogen) atoms. The first-order chi connectivity index (χ1) is 9.95. The highest BCUT2D eigenvalue weighted by Crippen LogP contribution is 2.28. The van der Waals surface area contributed by atoms with Gasteiger partial charge >= 0.3 is 0 Å². The monoisotopic (exact) mass is 344 g/mol. The van der Waals surface area contributed by atoms with E-state index < -0.39 is 11.6 Å². The molecule has 7 heteroatoms. The van der Waals surface area contributed by atoms with Crippen LogP contribution in [0.2, 0.25) is 10.0 Å². The molecule has 0 fully saturated rings. The Labute approximate surface area is 133 Å². The van der Waals surface area contributed by atoms with E-state index in [1.54, 1.807) is 16.7 Å². The van der Waals surface area contributed by atoms with E-state index in [1.807, 2.05) is 0 Å². The lowest BCUT2D eigenvalue weighted by molar-refractivity contribution is 0.567. The average molecular weight is 345 g/mol. The minimum atomic E-state index is -0.619. The van der Waals surface area contributed by atoms with Crippen LogP contribution in [0.1, 0.15) is 5.56 Å². The molecule has 0 aliphatic carbocycles. The Morgan fingerprint density at radius 3 is 2.52 bits per heavy atom. The molecule has 1 heterocycles. The third-order valence-corrected chi connectivity index (χ3v) is 4.20. The fourth-order valence-corrected chi connectivity index (χ4v) is 2.72. The average Bonchev–Trinajstić information content (AvgIpc) is 2.69. The molecule has 0 unspecified atom stereocenters. The quantitative estimate of drug-likeness (QED) is 0.623. The van der Waals surface area contributed by atoms with Gasteiger partial charge < -0.3 is 9.55 Å². The Morgan fingerprint density at radius 2 is 1.81 bits per heavy atom.